The van der Waals surface area contributed by atoms with Gasteiger partial charge in [0.25, 0.3) is 0 Å². The van der Waals surface area contributed by atoms with Crippen molar-refractivity contribution < 1.29 is 14.3 Å². The summed E-state index contributed by atoms with van der Waals surface area (Å²) in [5.74, 6) is 0.574. The summed E-state index contributed by atoms with van der Waals surface area (Å²) in [6.07, 6.45) is 0.369. The van der Waals surface area contributed by atoms with Crippen molar-refractivity contribution in [2.75, 3.05) is 19.0 Å². The Morgan fingerprint density at radius 1 is 1.35 bits per heavy atom. The van der Waals surface area contributed by atoms with E-state index < -0.39 is 0 Å². The number of nitrogens with zero attached hydrogens (tertiary/aromatic N) is 1. The van der Waals surface area contributed by atoms with Crippen LogP contribution in [0.5, 0.6) is 0 Å². The molecule has 2 rings (SSSR count). The topological polar surface area (TPSA) is 46.6 Å². The fraction of sp³-hybridized carbons (Fsp3) is 0.529. The fourth-order valence-corrected chi connectivity index (χ4v) is 4.02. The van der Waals surface area contributed by atoms with Crippen molar-refractivity contribution in [1.82, 2.24) is 4.90 Å². The summed E-state index contributed by atoms with van der Waals surface area (Å²) in [5, 5.41) is 0.613. The molecule has 1 aliphatic rings. The molecule has 0 aliphatic carbocycles. The SMILES string of the molecule is CCOC(=O)C1N(CCC(=O)c2ccc(Cl)cc2)CSC1(C)C. The third-order valence-electron chi connectivity index (χ3n) is 3.93. The molecule has 6 heteroatoms. The molecule has 0 bridgehead atoms. The van der Waals surface area contributed by atoms with Gasteiger partial charge in [-0.1, -0.05) is 11.6 Å². The number of hydrogen-bond acceptors (Lipinski definition) is 5. The molecular weight excluding hydrogens is 334 g/mol. The van der Waals surface area contributed by atoms with Crippen LogP contribution in [0.2, 0.25) is 5.02 Å². The van der Waals surface area contributed by atoms with Gasteiger partial charge in [0.15, 0.2) is 5.78 Å². The van der Waals surface area contributed by atoms with E-state index in [0.29, 0.717) is 30.2 Å². The summed E-state index contributed by atoms with van der Waals surface area (Å²) < 4.78 is 4.99. The number of halogens is 1. The molecule has 1 aliphatic heterocycles. The van der Waals surface area contributed by atoms with Crippen LogP contribution in [-0.2, 0) is 9.53 Å². The van der Waals surface area contributed by atoms with Gasteiger partial charge in [-0.05, 0) is 45.0 Å². The number of carbonyl (C=O) groups excluding carboxylic acids is 2. The molecule has 1 saturated heterocycles. The predicted octanol–water partition coefficient (Wildman–Crippen LogP) is 3.63. The van der Waals surface area contributed by atoms with E-state index in [1.54, 1.807) is 43.0 Å². The van der Waals surface area contributed by atoms with E-state index in [0.717, 1.165) is 5.88 Å². The number of ketones is 1. The standard InChI is InChI=1S/C17H22ClNO3S/c1-4-22-16(21)15-17(2,3)23-11-19(15)10-9-14(20)12-5-7-13(18)8-6-12/h5-8,15H,4,9-11H2,1-3H3. The molecule has 0 spiro atoms. The maximum absolute atomic E-state index is 12.3. The molecule has 4 nitrogen and oxygen atoms in total. The Hall–Kier alpha value is -1.04. The van der Waals surface area contributed by atoms with Gasteiger partial charge < -0.3 is 4.74 Å². The Bertz CT molecular complexity index is 574. The minimum Gasteiger partial charge on any atom is -0.465 e. The van der Waals surface area contributed by atoms with Gasteiger partial charge in [0.05, 0.1) is 6.61 Å². The van der Waals surface area contributed by atoms with Crippen LogP contribution in [0.15, 0.2) is 24.3 Å². The highest BCUT2D eigenvalue weighted by atomic mass is 35.5. The normalized spacial score (nSPS) is 20.4. The summed E-state index contributed by atoms with van der Waals surface area (Å²) in [4.78, 5) is 26.6. The van der Waals surface area contributed by atoms with Crippen molar-refractivity contribution in [3.05, 3.63) is 34.9 Å². The van der Waals surface area contributed by atoms with E-state index in [4.69, 9.17) is 16.3 Å². The lowest BCUT2D eigenvalue weighted by Crippen LogP contribution is -2.47. The number of rotatable bonds is 6. The summed E-state index contributed by atoms with van der Waals surface area (Å²) in [6.45, 7) is 6.80. The highest BCUT2D eigenvalue weighted by Crippen LogP contribution is 2.39. The van der Waals surface area contributed by atoms with Crippen molar-refractivity contribution in [3.8, 4) is 0 Å². The molecule has 0 saturated carbocycles. The zero-order valence-corrected chi connectivity index (χ0v) is 15.2. The van der Waals surface area contributed by atoms with Crippen LogP contribution in [0.4, 0.5) is 0 Å². The number of Topliss-reactive ketones (excluding diaryl/α,β-unsaturated/α-hetero) is 1. The van der Waals surface area contributed by atoms with Crippen LogP contribution in [-0.4, -0.2) is 46.5 Å². The first-order valence-corrected chi connectivity index (χ1v) is 9.05. The van der Waals surface area contributed by atoms with Crippen LogP contribution in [0.1, 0.15) is 37.6 Å². The Labute approximate surface area is 146 Å². The molecule has 0 N–H and O–H groups in total. The Morgan fingerprint density at radius 3 is 2.61 bits per heavy atom. The lowest BCUT2D eigenvalue weighted by atomic mass is 10.0. The molecule has 1 aromatic rings. The van der Waals surface area contributed by atoms with Crippen LogP contribution in [0.3, 0.4) is 0 Å². The molecule has 0 radical (unpaired) electrons. The number of thioether (sulfide) groups is 1. The number of hydrogen-bond donors (Lipinski definition) is 0. The molecule has 1 aromatic carbocycles. The Balaban J connectivity index is 1.99. The highest BCUT2D eigenvalue weighted by molar-refractivity contribution is 8.00. The number of carbonyl (C=O) groups is 2. The Morgan fingerprint density at radius 2 is 2.00 bits per heavy atom. The lowest BCUT2D eigenvalue weighted by molar-refractivity contribution is -0.149. The predicted molar refractivity (Wildman–Crippen MR) is 94.1 cm³/mol. The van der Waals surface area contributed by atoms with Gasteiger partial charge >= 0.3 is 5.97 Å². The van der Waals surface area contributed by atoms with Gasteiger partial charge in [-0.3, -0.25) is 14.5 Å². The second-order valence-electron chi connectivity index (χ2n) is 6.02. The monoisotopic (exact) mass is 355 g/mol. The van der Waals surface area contributed by atoms with Crippen LogP contribution in [0.25, 0.3) is 0 Å². The second-order valence-corrected chi connectivity index (χ2v) is 8.06. The number of benzene rings is 1. The van der Waals surface area contributed by atoms with Crippen LogP contribution >= 0.6 is 23.4 Å². The van der Waals surface area contributed by atoms with Gasteiger partial charge in [-0.15, -0.1) is 11.8 Å². The van der Waals surface area contributed by atoms with E-state index in [-0.39, 0.29) is 22.5 Å². The molecule has 1 atom stereocenters. The molecule has 0 amide bonds. The smallest absolute Gasteiger partial charge is 0.324 e. The summed E-state index contributed by atoms with van der Waals surface area (Å²) >= 11 is 7.55. The van der Waals surface area contributed by atoms with Crippen LogP contribution in [0, 0.1) is 0 Å². The van der Waals surface area contributed by atoms with Gasteiger partial charge in [-0.2, -0.15) is 0 Å². The summed E-state index contributed by atoms with van der Waals surface area (Å²) in [6, 6.07) is 6.58. The van der Waals surface area contributed by atoms with Gasteiger partial charge in [-0.25, -0.2) is 0 Å². The second kappa shape index (κ2) is 7.69. The van der Waals surface area contributed by atoms with E-state index in [1.807, 2.05) is 18.7 Å². The van der Waals surface area contributed by atoms with Crippen molar-refractivity contribution in [2.45, 2.75) is 38.0 Å². The average molecular weight is 356 g/mol. The summed E-state index contributed by atoms with van der Waals surface area (Å²) in [7, 11) is 0. The lowest BCUT2D eigenvalue weighted by Gasteiger charge is -2.29. The maximum Gasteiger partial charge on any atom is 0.324 e. The largest absolute Gasteiger partial charge is 0.465 e. The van der Waals surface area contributed by atoms with Crippen molar-refractivity contribution in [1.29, 1.82) is 0 Å². The zero-order chi connectivity index (χ0) is 17.0. The molecule has 1 fully saturated rings. The van der Waals surface area contributed by atoms with E-state index >= 15 is 0 Å². The first-order chi connectivity index (χ1) is 10.8. The van der Waals surface area contributed by atoms with E-state index in [2.05, 4.69) is 0 Å². The third-order valence-corrected chi connectivity index (χ3v) is 5.61. The minimum absolute atomic E-state index is 0.0546. The van der Waals surface area contributed by atoms with Crippen LogP contribution < -0.4 is 0 Å². The molecule has 0 aromatic heterocycles. The molecule has 1 unspecified atom stereocenters. The van der Waals surface area contributed by atoms with Crippen molar-refractivity contribution in [3.63, 3.8) is 0 Å². The molecule has 1 heterocycles. The fourth-order valence-electron chi connectivity index (χ4n) is 2.72. The molecule has 126 valence electrons. The van der Waals surface area contributed by atoms with Crippen molar-refractivity contribution >= 4 is 35.1 Å². The number of ether oxygens (including phenoxy) is 1. The number of esters is 1. The first kappa shape index (κ1) is 18.3. The first-order valence-electron chi connectivity index (χ1n) is 7.68. The minimum atomic E-state index is -0.314. The maximum atomic E-state index is 12.3. The molecule has 23 heavy (non-hydrogen) atoms. The average Bonchev–Trinajstić information content (AvgIpc) is 2.80. The van der Waals surface area contributed by atoms with Gasteiger partial charge in [0.2, 0.25) is 0 Å². The van der Waals surface area contributed by atoms with E-state index in [1.165, 1.54) is 0 Å². The van der Waals surface area contributed by atoms with Gasteiger partial charge in [0.1, 0.15) is 6.04 Å². The zero-order valence-electron chi connectivity index (χ0n) is 13.7. The van der Waals surface area contributed by atoms with Gasteiger partial charge in [0, 0.05) is 34.2 Å². The van der Waals surface area contributed by atoms with E-state index in [9.17, 15) is 9.59 Å². The highest BCUT2D eigenvalue weighted by Gasteiger charge is 2.46. The molecular formula is C17H22ClNO3S. The Kier molecular flexibility index (Phi) is 6.12. The van der Waals surface area contributed by atoms with Crippen molar-refractivity contribution in [2.24, 2.45) is 0 Å². The summed E-state index contributed by atoms with van der Waals surface area (Å²) in [5.41, 5.74) is 0.646. The quantitative estimate of drug-likeness (QED) is 0.576. The third kappa shape index (κ3) is 4.49.